The van der Waals surface area contributed by atoms with Crippen molar-refractivity contribution in [3.8, 4) is 0 Å². The van der Waals surface area contributed by atoms with Gasteiger partial charge in [-0.25, -0.2) is 4.79 Å². The Kier molecular flexibility index (Phi) is 8.69. The molecule has 162 valence electrons. The molecule has 3 amide bonds. The van der Waals surface area contributed by atoms with E-state index < -0.39 is 6.03 Å². The molecule has 1 fully saturated rings. The van der Waals surface area contributed by atoms with Crippen molar-refractivity contribution < 1.29 is 9.59 Å². The highest BCUT2D eigenvalue weighted by molar-refractivity contribution is 5.97. The van der Waals surface area contributed by atoms with E-state index in [0.29, 0.717) is 17.3 Å². The van der Waals surface area contributed by atoms with E-state index in [1.165, 1.54) is 10.5 Å². The van der Waals surface area contributed by atoms with Crippen LogP contribution >= 0.6 is 12.4 Å². The van der Waals surface area contributed by atoms with Crippen LogP contribution in [0.4, 0.5) is 10.5 Å². The minimum atomic E-state index is -0.547. The molecule has 0 aliphatic carbocycles. The summed E-state index contributed by atoms with van der Waals surface area (Å²) in [6.07, 6.45) is 2.98. The maximum Gasteiger partial charge on any atom is 0.318 e. The highest BCUT2D eigenvalue weighted by Gasteiger charge is 2.26. The summed E-state index contributed by atoms with van der Waals surface area (Å²) < 4.78 is 0. The van der Waals surface area contributed by atoms with Gasteiger partial charge in [0.1, 0.15) is 0 Å². The molecule has 0 aromatic heterocycles. The van der Waals surface area contributed by atoms with Crippen molar-refractivity contribution in [3.05, 3.63) is 65.7 Å². The van der Waals surface area contributed by atoms with Crippen LogP contribution in [0.3, 0.4) is 0 Å². The lowest BCUT2D eigenvalue weighted by Gasteiger charge is -2.37. The van der Waals surface area contributed by atoms with E-state index in [9.17, 15) is 9.59 Å². The van der Waals surface area contributed by atoms with Crippen LogP contribution in [0.2, 0.25) is 0 Å². The Morgan fingerprint density at radius 1 is 1.03 bits per heavy atom. The first-order valence-corrected chi connectivity index (χ1v) is 10.1. The lowest BCUT2D eigenvalue weighted by molar-refractivity contribution is 0.0647. The molecular weight excluding hydrogens is 400 g/mol. The molecule has 0 atom stereocenters. The Labute approximate surface area is 185 Å². The van der Waals surface area contributed by atoms with Crippen LogP contribution in [0.15, 0.2) is 54.6 Å². The monoisotopic (exact) mass is 430 g/mol. The molecule has 30 heavy (non-hydrogen) atoms. The third-order valence-corrected chi connectivity index (χ3v) is 5.78. The maximum absolute atomic E-state index is 12.9. The number of nitrogens with zero attached hydrogens (tertiary/aromatic N) is 3. The van der Waals surface area contributed by atoms with Gasteiger partial charge in [-0.3, -0.25) is 9.69 Å². The fourth-order valence-corrected chi connectivity index (χ4v) is 3.80. The van der Waals surface area contributed by atoms with Gasteiger partial charge >= 0.3 is 6.03 Å². The number of likely N-dealkylation sites (N-methyl/N-ethyl adjacent to an activating group) is 1. The fraction of sp³-hybridized carbons (Fsp3) is 0.391. The van der Waals surface area contributed by atoms with Crippen LogP contribution in [0.25, 0.3) is 0 Å². The summed E-state index contributed by atoms with van der Waals surface area (Å²) >= 11 is 0. The Morgan fingerprint density at radius 2 is 1.70 bits per heavy atom. The van der Waals surface area contributed by atoms with Crippen LogP contribution < -0.4 is 10.6 Å². The first-order chi connectivity index (χ1) is 14.0. The zero-order valence-corrected chi connectivity index (χ0v) is 18.5. The van der Waals surface area contributed by atoms with Gasteiger partial charge < -0.3 is 15.5 Å². The molecule has 2 aromatic rings. The van der Waals surface area contributed by atoms with Gasteiger partial charge in [0, 0.05) is 44.0 Å². The Balaban J connectivity index is 0.00000320. The van der Waals surface area contributed by atoms with Gasteiger partial charge in [-0.1, -0.05) is 36.4 Å². The molecule has 2 N–H and O–H groups in total. The van der Waals surface area contributed by atoms with Crippen LogP contribution in [0, 0.1) is 0 Å². The molecule has 3 rings (SSSR count). The summed E-state index contributed by atoms with van der Waals surface area (Å²) in [5.41, 5.74) is 7.90. The van der Waals surface area contributed by atoms with Crippen molar-refractivity contribution in [1.82, 2.24) is 9.80 Å². The highest BCUT2D eigenvalue weighted by Crippen LogP contribution is 2.20. The molecule has 0 radical (unpaired) electrons. The Hall–Kier alpha value is -2.57. The van der Waals surface area contributed by atoms with Crippen LogP contribution in [-0.4, -0.2) is 61.5 Å². The number of carbonyl (C=O) groups excluding carboxylic acids is 2. The predicted octanol–water partition coefficient (Wildman–Crippen LogP) is 3.40. The summed E-state index contributed by atoms with van der Waals surface area (Å²) in [5.74, 6) is 0.00936. The number of primary amides is 1. The number of rotatable bonds is 6. The maximum atomic E-state index is 12.9. The second kappa shape index (κ2) is 11.0. The second-order valence-electron chi connectivity index (χ2n) is 7.69. The van der Waals surface area contributed by atoms with E-state index >= 15 is 0 Å². The quantitative estimate of drug-likeness (QED) is 0.763. The zero-order chi connectivity index (χ0) is 20.8. The van der Waals surface area contributed by atoms with Gasteiger partial charge in [0.2, 0.25) is 0 Å². The SMILES string of the molecule is CN(C(N)=O)c1cccc(C(=O)N2CCC(N(C)CCc3ccccc3)CC2)c1.Cl. The fourth-order valence-electron chi connectivity index (χ4n) is 3.80. The molecule has 1 aliphatic rings. The number of anilines is 1. The van der Waals surface area contributed by atoms with E-state index in [0.717, 1.165) is 38.9 Å². The second-order valence-corrected chi connectivity index (χ2v) is 7.69. The van der Waals surface area contributed by atoms with E-state index in [1.54, 1.807) is 31.3 Å². The number of benzene rings is 2. The van der Waals surface area contributed by atoms with Crippen molar-refractivity contribution in [3.63, 3.8) is 0 Å². The third-order valence-electron chi connectivity index (χ3n) is 5.78. The van der Waals surface area contributed by atoms with Crippen LogP contribution in [0.1, 0.15) is 28.8 Å². The summed E-state index contributed by atoms with van der Waals surface area (Å²) in [5, 5.41) is 0. The standard InChI is InChI=1S/C23H30N4O2.ClH/c1-25(14-11-18-7-4-3-5-8-18)20-12-15-27(16-13-20)22(28)19-9-6-10-21(17-19)26(2)23(24)29;/h3-10,17,20H,11-16H2,1-2H3,(H2,24,29);1H. The summed E-state index contributed by atoms with van der Waals surface area (Å²) in [6.45, 7) is 2.51. The Bertz CT molecular complexity index is 838. The summed E-state index contributed by atoms with van der Waals surface area (Å²) in [7, 11) is 3.77. The highest BCUT2D eigenvalue weighted by atomic mass is 35.5. The number of likely N-dealkylation sites (tertiary alicyclic amines) is 1. The van der Waals surface area contributed by atoms with Crippen molar-refractivity contribution in [2.24, 2.45) is 5.73 Å². The molecule has 1 aliphatic heterocycles. The van der Waals surface area contributed by atoms with E-state index in [1.807, 2.05) is 11.0 Å². The number of piperidine rings is 1. The number of halogens is 1. The summed E-state index contributed by atoms with van der Waals surface area (Å²) in [4.78, 5) is 29.9. The predicted molar refractivity (Wildman–Crippen MR) is 123 cm³/mol. The molecule has 1 saturated heterocycles. The zero-order valence-electron chi connectivity index (χ0n) is 17.7. The minimum absolute atomic E-state index is 0. The lowest BCUT2D eigenvalue weighted by atomic mass is 10.0. The van der Waals surface area contributed by atoms with Crippen molar-refractivity contribution in [2.75, 3.05) is 38.6 Å². The molecular formula is C23H31ClN4O2. The largest absolute Gasteiger partial charge is 0.351 e. The number of amides is 3. The van der Waals surface area contributed by atoms with Gasteiger partial charge in [-0.2, -0.15) is 0 Å². The van der Waals surface area contributed by atoms with Crippen molar-refractivity contribution in [2.45, 2.75) is 25.3 Å². The van der Waals surface area contributed by atoms with Crippen molar-refractivity contribution in [1.29, 1.82) is 0 Å². The van der Waals surface area contributed by atoms with Gasteiger partial charge in [-0.05, 0) is 50.1 Å². The molecule has 0 unspecified atom stereocenters. The average molecular weight is 431 g/mol. The molecule has 7 heteroatoms. The van der Waals surface area contributed by atoms with Gasteiger partial charge in [0.25, 0.3) is 5.91 Å². The number of urea groups is 1. The van der Waals surface area contributed by atoms with E-state index in [2.05, 4.69) is 36.2 Å². The van der Waals surface area contributed by atoms with Gasteiger partial charge in [0.05, 0.1) is 0 Å². The number of nitrogens with two attached hydrogens (primary N) is 1. The molecule has 0 saturated carbocycles. The number of hydrogen-bond donors (Lipinski definition) is 1. The average Bonchev–Trinajstić information content (AvgIpc) is 2.77. The molecule has 6 nitrogen and oxygen atoms in total. The van der Waals surface area contributed by atoms with E-state index in [-0.39, 0.29) is 18.3 Å². The third kappa shape index (κ3) is 5.97. The Morgan fingerprint density at radius 3 is 2.33 bits per heavy atom. The topological polar surface area (TPSA) is 69.9 Å². The minimum Gasteiger partial charge on any atom is -0.351 e. The van der Waals surface area contributed by atoms with Gasteiger partial charge in [-0.15, -0.1) is 12.4 Å². The molecule has 0 bridgehead atoms. The first-order valence-electron chi connectivity index (χ1n) is 10.1. The first kappa shape index (κ1) is 23.7. The number of carbonyl (C=O) groups is 2. The normalized spacial score (nSPS) is 14.3. The lowest BCUT2D eigenvalue weighted by Crippen LogP contribution is -2.46. The van der Waals surface area contributed by atoms with Crippen LogP contribution in [0.5, 0.6) is 0 Å². The molecule has 2 aromatic carbocycles. The van der Waals surface area contributed by atoms with Crippen LogP contribution in [-0.2, 0) is 6.42 Å². The smallest absolute Gasteiger partial charge is 0.318 e. The molecule has 0 spiro atoms. The number of hydrogen-bond acceptors (Lipinski definition) is 3. The van der Waals surface area contributed by atoms with Crippen molar-refractivity contribution >= 4 is 30.0 Å². The molecule has 1 heterocycles. The van der Waals surface area contributed by atoms with E-state index in [4.69, 9.17) is 5.73 Å². The van der Waals surface area contributed by atoms with Gasteiger partial charge in [0.15, 0.2) is 0 Å². The summed E-state index contributed by atoms with van der Waals surface area (Å²) in [6, 6.07) is 17.6.